The van der Waals surface area contributed by atoms with Crippen LogP contribution in [0.5, 0.6) is 0 Å². The van der Waals surface area contributed by atoms with E-state index in [1.807, 2.05) is 0 Å². The van der Waals surface area contributed by atoms with E-state index in [-0.39, 0.29) is 0 Å². The summed E-state index contributed by atoms with van der Waals surface area (Å²) in [5, 5.41) is 11.3. The summed E-state index contributed by atoms with van der Waals surface area (Å²) in [4.78, 5) is 9.83. The Morgan fingerprint density at radius 2 is 2.25 bits per heavy atom. The maximum absolute atomic E-state index is 9.83. The first-order valence-electron chi connectivity index (χ1n) is 2.45. The first-order chi connectivity index (χ1) is 3.72. The maximum atomic E-state index is 9.83. The number of rotatable bonds is 3. The molecule has 2 N–H and O–H groups in total. The van der Waals surface area contributed by atoms with E-state index >= 15 is 0 Å². The first kappa shape index (κ1) is 7.59. The van der Waals surface area contributed by atoms with Gasteiger partial charge in [0.1, 0.15) is 0 Å². The van der Waals surface area contributed by atoms with Crippen molar-refractivity contribution in [1.29, 1.82) is 0 Å². The average Bonchev–Trinajstić information content (AvgIpc) is 1.69. The lowest BCUT2D eigenvalue weighted by molar-refractivity contribution is 0.173. The molecule has 0 saturated heterocycles. The third-order valence-corrected chi connectivity index (χ3v) is 0.920. The van der Waals surface area contributed by atoms with Gasteiger partial charge in [-0.2, -0.15) is 0 Å². The van der Waals surface area contributed by atoms with Crippen molar-refractivity contribution in [3.63, 3.8) is 0 Å². The highest BCUT2D eigenvalue weighted by Gasteiger charge is 2.10. The zero-order chi connectivity index (χ0) is 6.57. The van der Waals surface area contributed by atoms with Gasteiger partial charge in [-0.1, -0.05) is 0 Å². The second-order valence-electron chi connectivity index (χ2n) is 1.62. The Morgan fingerprint density at radius 3 is 2.25 bits per heavy atom. The normalized spacial score (nSPS) is 17.4. The van der Waals surface area contributed by atoms with E-state index in [9.17, 15) is 4.79 Å². The minimum absolute atomic E-state index is 0.546. The number of hydrogen-bond donors (Lipinski definition) is 2. The lowest BCUT2D eigenvalue weighted by atomic mass is 10.2. The lowest BCUT2D eigenvalue weighted by Crippen LogP contribution is -2.36. The summed E-state index contributed by atoms with van der Waals surface area (Å²) >= 11 is 0. The van der Waals surface area contributed by atoms with Gasteiger partial charge >= 0.3 is 0 Å². The van der Waals surface area contributed by atoms with Crippen LogP contribution in [0.25, 0.3) is 0 Å². The van der Waals surface area contributed by atoms with Gasteiger partial charge in [0.2, 0.25) is 6.29 Å². The van der Waals surface area contributed by atoms with Gasteiger partial charge in [0.15, 0.2) is 0 Å². The van der Waals surface area contributed by atoms with Crippen LogP contribution in [0, 0.1) is 0 Å². The molecule has 0 bridgehead atoms. The number of aliphatic hydroxyl groups excluding tert-OH is 1. The molecule has 0 aromatic heterocycles. The molecule has 2 unspecified atom stereocenters. The van der Waals surface area contributed by atoms with Crippen molar-refractivity contribution in [1.82, 2.24) is 5.32 Å². The molecule has 0 aromatic carbocycles. The van der Waals surface area contributed by atoms with Crippen molar-refractivity contribution in [2.24, 2.45) is 0 Å². The topological polar surface area (TPSA) is 49.3 Å². The zero-order valence-electron chi connectivity index (χ0n) is 5.01. The van der Waals surface area contributed by atoms with Crippen molar-refractivity contribution >= 4 is 6.29 Å². The van der Waals surface area contributed by atoms with E-state index in [4.69, 9.17) is 5.11 Å². The SMILES string of the molecule is CNC([C]=O)C(C)O. The van der Waals surface area contributed by atoms with Gasteiger partial charge in [-0.3, -0.25) is 4.79 Å². The molecule has 0 aliphatic carbocycles. The van der Waals surface area contributed by atoms with Crippen LogP contribution in [0.15, 0.2) is 0 Å². The molecule has 0 aliphatic rings. The zero-order valence-corrected chi connectivity index (χ0v) is 5.01. The Balaban J connectivity index is 3.51. The first-order valence-corrected chi connectivity index (χ1v) is 2.45. The molecule has 8 heavy (non-hydrogen) atoms. The summed E-state index contributed by atoms with van der Waals surface area (Å²) in [6.07, 6.45) is 0.985. The second kappa shape index (κ2) is 3.57. The summed E-state index contributed by atoms with van der Waals surface area (Å²) in [6.45, 7) is 1.53. The highest BCUT2D eigenvalue weighted by molar-refractivity contribution is 5.59. The van der Waals surface area contributed by atoms with Crippen LogP contribution in [0.2, 0.25) is 0 Å². The van der Waals surface area contributed by atoms with Crippen LogP contribution in [0.1, 0.15) is 6.92 Å². The third-order valence-electron chi connectivity index (χ3n) is 0.920. The summed E-state index contributed by atoms with van der Waals surface area (Å²) < 4.78 is 0. The van der Waals surface area contributed by atoms with Crippen LogP contribution < -0.4 is 5.32 Å². The van der Waals surface area contributed by atoms with Gasteiger partial charge in [-0.25, -0.2) is 0 Å². The van der Waals surface area contributed by atoms with Gasteiger partial charge in [0, 0.05) is 0 Å². The van der Waals surface area contributed by atoms with Gasteiger partial charge in [-0.15, -0.1) is 0 Å². The summed E-state index contributed by atoms with van der Waals surface area (Å²) in [5.41, 5.74) is 0. The van der Waals surface area contributed by atoms with Crippen molar-refractivity contribution in [3.8, 4) is 0 Å². The molecule has 0 fully saturated rings. The fourth-order valence-corrected chi connectivity index (χ4v) is 0.399. The van der Waals surface area contributed by atoms with Crippen molar-refractivity contribution < 1.29 is 9.90 Å². The molecule has 0 aliphatic heterocycles. The van der Waals surface area contributed by atoms with Crippen molar-refractivity contribution in [2.75, 3.05) is 7.05 Å². The quantitative estimate of drug-likeness (QED) is 0.500. The average molecular weight is 116 g/mol. The fourth-order valence-electron chi connectivity index (χ4n) is 0.399. The smallest absolute Gasteiger partial charge is 0.219 e. The van der Waals surface area contributed by atoms with Crippen LogP contribution in [0.4, 0.5) is 0 Å². The molecule has 0 rings (SSSR count). The molecular weight excluding hydrogens is 106 g/mol. The predicted octanol–water partition coefficient (Wildman–Crippen LogP) is -0.935. The number of hydrogen-bond acceptors (Lipinski definition) is 3. The Hall–Kier alpha value is -0.410. The summed E-state index contributed by atoms with van der Waals surface area (Å²) in [6, 6.07) is -0.546. The molecular formula is C5H10NO2. The highest BCUT2D eigenvalue weighted by Crippen LogP contribution is 1.84. The molecule has 0 amide bonds. The molecule has 3 heteroatoms. The molecule has 2 atom stereocenters. The second-order valence-corrected chi connectivity index (χ2v) is 1.62. The monoisotopic (exact) mass is 116 g/mol. The molecule has 0 spiro atoms. The molecule has 1 radical (unpaired) electrons. The van der Waals surface area contributed by atoms with E-state index in [1.165, 1.54) is 6.92 Å². The fraction of sp³-hybridized carbons (Fsp3) is 0.800. The minimum atomic E-state index is -0.655. The van der Waals surface area contributed by atoms with Crippen molar-refractivity contribution in [2.45, 2.75) is 19.1 Å². The third kappa shape index (κ3) is 2.04. The Labute approximate surface area is 48.7 Å². The van der Waals surface area contributed by atoms with Gasteiger partial charge < -0.3 is 10.4 Å². The molecule has 0 aromatic rings. The highest BCUT2D eigenvalue weighted by atomic mass is 16.3. The summed E-state index contributed by atoms with van der Waals surface area (Å²) in [7, 11) is 1.60. The summed E-state index contributed by atoms with van der Waals surface area (Å²) in [5.74, 6) is 0. The minimum Gasteiger partial charge on any atom is -0.391 e. The number of aliphatic hydroxyl groups is 1. The van der Waals surface area contributed by atoms with Gasteiger partial charge in [0.25, 0.3) is 0 Å². The van der Waals surface area contributed by atoms with Crippen LogP contribution in [0.3, 0.4) is 0 Å². The number of nitrogens with one attached hydrogen (secondary N) is 1. The Morgan fingerprint density at radius 1 is 1.75 bits per heavy atom. The van der Waals surface area contributed by atoms with Crippen LogP contribution in [-0.4, -0.2) is 30.6 Å². The van der Waals surface area contributed by atoms with E-state index < -0.39 is 12.1 Å². The molecule has 47 valence electrons. The standard InChI is InChI=1S/C5H10NO2/c1-4(8)5(3-7)6-2/h4-6,8H,1-2H3. The molecule has 0 saturated carbocycles. The van der Waals surface area contributed by atoms with E-state index in [1.54, 1.807) is 13.3 Å². The van der Waals surface area contributed by atoms with Crippen LogP contribution >= 0.6 is 0 Å². The lowest BCUT2D eigenvalue weighted by Gasteiger charge is -2.09. The number of carbonyl (C=O) groups excluding carboxylic acids is 1. The van der Waals surface area contributed by atoms with E-state index in [2.05, 4.69) is 5.32 Å². The molecule has 3 nitrogen and oxygen atoms in total. The number of likely N-dealkylation sites (N-methyl/N-ethyl adjacent to an activating group) is 1. The van der Waals surface area contributed by atoms with E-state index in [0.29, 0.717) is 0 Å². The Kier molecular flexibility index (Phi) is 3.39. The van der Waals surface area contributed by atoms with Gasteiger partial charge in [0.05, 0.1) is 12.1 Å². The largest absolute Gasteiger partial charge is 0.391 e. The van der Waals surface area contributed by atoms with Gasteiger partial charge in [-0.05, 0) is 14.0 Å². The predicted molar refractivity (Wildman–Crippen MR) is 30.2 cm³/mol. The Bertz CT molecular complexity index is 72.8. The maximum Gasteiger partial charge on any atom is 0.219 e. The molecule has 0 heterocycles. The van der Waals surface area contributed by atoms with Crippen molar-refractivity contribution in [3.05, 3.63) is 0 Å². The van der Waals surface area contributed by atoms with Crippen LogP contribution in [-0.2, 0) is 4.79 Å². The van der Waals surface area contributed by atoms with E-state index in [0.717, 1.165) is 0 Å².